The van der Waals surface area contributed by atoms with Crippen LogP contribution >= 0.6 is 11.8 Å². The number of fused-ring (bicyclic) bond motifs is 1. The van der Waals surface area contributed by atoms with Crippen LogP contribution in [0.25, 0.3) is 6.08 Å². The number of hydrogen-bond donors (Lipinski definition) is 1. The minimum absolute atomic E-state index is 0.00179. The van der Waals surface area contributed by atoms with Gasteiger partial charge in [-0.15, -0.1) is 0 Å². The van der Waals surface area contributed by atoms with Crippen LogP contribution < -0.4 is 10.2 Å². The lowest BCUT2D eigenvalue weighted by Crippen LogP contribution is -2.45. The van der Waals surface area contributed by atoms with Crippen molar-refractivity contribution in [2.75, 3.05) is 11.4 Å². The van der Waals surface area contributed by atoms with Crippen LogP contribution in [0.3, 0.4) is 0 Å². The Morgan fingerprint density at radius 2 is 1.68 bits per heavy atom. The topological polar surface area (TPSA) is 49.4 Å². The molecule has 3 aromatic rings. The molecule has 3 aromatic carbocycles. The molecule has 0 saturated carbocycles. The summed E-state index contributed by atoms with van der Waals surface area (Å²) in [6, 6.07) is 26.3. The number of benzene rings is 3. The molecular weight excluding hydrogens is 440 g/mol. The van der Waals surface area contributed by atoms with Crippen molar-refractivity contribution in [3.8, 4) is 0 Å². The summed E-state index contributed by atoms with van der Waals surface area (Å²) in [6.07, 6.45) is 4.63. The van der Waals surface area contributed by atoms with Crippen molar-refractivity contribution in [1.29, 1.82) is 0 Å². The summed E-state index contributed by atoms with van der Waals surface area (Å²) < 4.78 is 0. The summed E-state index contributed by atoms with van der Waals surface area (Å²) >= 11 is 1.46. The Morgan fingerprint density at radius 1 is 0.971 bits per heavy atom. The minimum atomic E-state index is -0.151. The van der Waals surface area contributed by atoms with Crippen molar-refractivity contribution < 1.29 is 9.59 Å². The van der Waals surface area contributed by atoms with Crippen LogP contribution in [0.4, 0.5) is 5.69 Å². The second-order valence-electron chi connectivity index (χ2n) is 8.56. The molecule has 0 spiro atoms. The van der Waals surface area contributed by atoms with Gasteiger partial charge in [-0.05, 0) is 61.1 Å². The van der Waals surface area contributed by atoms with E-state index in [9.17, 15) is 9.59 Å². The maximum atomic E-state index is 13.4. The lowest BCUT2D eigenvalue weighted by molar-refractivity contribution is -0.122. The number of anilines is 1. The number of carbonyl (C=O) groups is 2. The molecule has 1 heterocycles. The summed E-state index contributed by atoms with van der Waals surface area (Å²) in [5.74, 6) is -0.294. The van der Waals surface area contributed by atoms with Gasteiger partial charge in [-0.2, -0.15) is 0 Å². The quantitative estimate of drug-likeness (QED) is 0.419. The molecule has 1 unspecified atom stereocenters. The van der Waals surface area contributed by atoms with Crippen molar-refractivity contribution >= 4 is 35.3 Å². The largest absolute Gasteiger partial charge is 0.352 e. The lowest BCUT2D eigenvalue weighted by atomic mass is 10.1. The first kappa shape index (κ1) is 23.8. The van der Waals surface area contributed by atoms with Crippen molar-refractivity contribution in [2.24, 2.45) is 0 Å². The Kier molecular flexibility index (Phi) is 7.86. The molecule has 0 fully saturated rings. The lowest BCUT2D eigenvalue weighted by Gasteiger charge is -2.30. The van der Waals surface area contributed by atoms with Crippen molar-refractivity contribution in [3.05, 3.63) is 100 Å². The van der Waals surface area contributed by atoms with E-state index >= 15 is 0 Å². The fraction of sp³-hybridized carbons (Fsp3) is 0.241. The number of thioether (sulfide) groups is 1. The minimum Gasteiger partial charge on any atom is -0.352 e. The molecule has 0 saturated heterocycles. The second-order valence-corrected chi connectivity index (χ2v) is 9.64. The molecule has 5 heteroatoms. The van der Waals surface area contributed by atoms with E-state index < -0.39 is 0 Å². The van der Waals surface area contributed by atoms with Crippen LogP contribution in [-0.4, -0.2) is 24.4 Å². The summed E-state index contributed by atoms with van der Waals surface area (Å²) in [5, 5.41) is 3.07. The van der Waals surface area contributed by atoms with E-state index in [1.165, 1.54) is 22.9 Å². The molecule has 0 aromatic heterocycles. The highest BCUT2D eigenvalue weighted by atomic mass is 32.2. The van der Waals surface area contributed by atoms with Gasteiger partial charge in [0.1, 0.15) is 6.54 Å². The highest BCUT2D eigenvalue weighted by molar-refractivity contribution is 8.04. The van der Waals surface area contributed by atoms with Gasteiger partial charge in [0.15, 0.2) is 0 Å². The zero-order valence-corrected chi connectivity index (χ0v) is 20.5. The number of amides is 2. The van der Waals surface area contributed by atoms with Gasteiger partial charge in [-0.1, -0.05) is 85.4 Å². The third kappa shape index (κ3) is 5.97. The van der Waals surface area contributed by atoms with Crippen LogP contribution in [0, 0.1) is 0 Å². The van der Waals surface area contributed by atoms with Gasteiger partial charge in [-0.25, -0.2) is 0 Å². The van der Waals surface area contributed by atoms with Crippen molar-refractivity contribution in [1.82, 2.24) is 5.32 Å². The molecule has 174 valence electrons. The molecule has 1 atom stereocenters. The fourth-order valence-corrected chi connectivity index (χ4v) is 5.04. The first-order valence-electron chi connectivity index (χ1n) is 11.8. The molecule has 1 aliphatic rings. The molecule has 1 N–H and O–H groups in total. The zero-order valence-electron chi connectivity index (χ0n) is 19.7. The third-order valence-corrected chi connectivity index (χ3v) is 7.01. The molecule has 4 nitrogen and oxygen atoms in total. The van der Waals surface area contributed by atoms with Crippen LogP contribution in [0.5, 0.6) is 0 Å². The van der Waals surface area contributed by atoms with Crippen LogP contribution in [-0.2, 0) is 22.4 Å². The number of carbonyl (C=O) groups excluding carboxylic acids is 2. The van der Waals surface area contributed by atoms with Gasteiger partial charge in [0.25, 0.3) is 5.91 Å². The standard InChI is InChI=1S/C29H30N2O2S/c1-3-22-15-17-24(18-16-22)19-27-29(33)31(25-11-7-8-12-26(25)34-27)20-28(32)30-21(2)13-14-23-9-5-4-6-10-23/h4-12,15-19,21H,3,13-14,20H2,1-2H3,(H,30,32)/b27-19-. The van der Waals surface area contributed by atoms with E-state index in [1.54, 1.807) is 4.90 Å². The zero-order chi connectivity index (χ0) is 23.9. The fourth-order valence-electron chi connectivity index (χ4n) is 3.98. The highest BCUT2D eigenvalue weighted by Crippen LogP contribution is 2.41. The van der Waals surface area contributed by atoms with E-state index in [0.717, 1.165) is 35.4 Å². The number of hydrogen-bond acceptors (Lipinski definition) is 3. The number of rotatable bonds is 8. The SMILES string of the molecule is CCc1ccc(/C=C2\Sc3ccccc3N(CC(=O)NC(C)CCc3ccccc3)C2=O)cc1. The van der Waals surface area contributed by atoms with Gasteiger partial charge < -0.3 is 5.32 Å². The Morgan fingerprint density at radius 3 is 2.41 bits per heavy atom. The average Bonchev–Trinajstić information content (AvgIpc) is 2.86. The van der Waals surface area contributed by atoms with Gasteiger partial charge in [-0.3, -0.25) is 14.5 Å². The number of para-hydroxylation sites is 1. The van der Waals surface area contributed by atoms with E-state index in [4.69, 9.17) is 0 Å². The average molecular weight is 471 g/mol. The van der Waals surface area contributed by atoms with Crippen LogP contribution in [0.2, 0.25) is 0 Å². The smallest absolute Gasteiger partial charge is 0.265 e. The molecule has 1 aliphatic heterocycles. The Bertz CT molecular complexity index is 1170. The van der Waals surface area contributed by atoms with Crippen LogP contribution in [0.15, 0.2) is 88.7 Å². The maximum absolute atomic E-state index is 13.4. The van der Waals surface area contributed by atoms with E-state index in [1.807, 2.05) is 67.6 Å². The highest BCUT2D eigenvalue weighted by Gasteiger charge is 2.30. The monoisotopic (exact) mass is 470 g/mol. The van der Waals surface area contributed by atoms with E-state index in [-0.39, 0.29) is 24.4 Å². The molecule has 34 heavy (non-hydrogen) atoms. The molecule has 4 rings (SSSR count). The van der Waals surface area contributed by atoms with Crippen molar-refractivity contribution in [2.45, 2.75) is 44.0 Å². The molecule has 0 aliphatic carbocycles. The first-order valence-corrected chi connectivity index (χ1v) is 12.6. The van der Waals surface area contributed by atoms with Gasteiger partial charge in [0.05, 0.1) is 10.6 Å². The van der Waals surface area contributed by atoms with E-state index in [2.05, 4.69) is 36.5 Å². The molecular formula is C29H30N2O2S. The maximum Gasteiger partial charge on any atom is 0.265 e. The first-order chi connectivity index (χ1) is 16.5. The molecule has 2 amide bonds. The summed E-state index contributed by atoms with van der Waals surface area (Å²) in [7, 11) is 0. The Labute approximate surface area is 206 Å². The normalized spacial score (nSPS) is 15.2. The Hall–Kier alpha value is -3.31. The predicted octanol–water partition coefficient (Wildman–Crippen LogP) is 5.87. The molecule has 0 radical (unpaired) electrons. The summed E-state index contributed by atoms with van der Waals surface area (Å²) in [6.45, 7) is 4.13. The third-order valence-electron chi connectivity index (χ3n) is 5.94. The Balaban J connectivity index is 1.46. The number of aryl methyl sites for hydroxylation is 2. The van der Waals surface area contributed by atoms with Crippen molar-refractivity contribution in [3.63, 3.8) is 0 Å². The number of nitrogens with zero attached hydrogens (tertiary/aromatic N) is 1. The van der Waals surface area contributed by atoms with Gasteiger partial charge >= 0.3 is 0 Å². The van der Waals surface area contributed by atoms with Gasteiger partial charge in [0.2, 0.25) is 5.91 Å². The molecule has 0 bridgehead atoms. The summed E-state index contributed by atoms with van der Waals surface area (Å²) in [5.41, 5.74) is 4.27. The van der Waals surface area contributed by atoms with Gasteiger partial charge in [0, 0.05) is 10.9 Å². The van der Waals surface area contributed by atoms with E-state index in [0.29, 0.717) is 4.91 Å². The predicted molar refractivity (Wildman–Crippen MR) is 141 cm³/mol. The number of nitrogens with one attached hydrogen (secondary N) is 1. The summed E-state index contributed by atoms with van der Waals surface area (Å²) in [4.78, 5) is 29.5. The second kappa shape index (κ2) is 11.2. The van der Waals surface area contributed by atoms with Crippen LogP contribution in [0.1, 0.15) is 37.0 Å².